The van der Waals surface area contributed by atoms with E-state index in [1.54, 1.807) is 7.05 Å². The van der Waals surface area contributed by atoms with E-state index in [-0.39, 0.29) is 29.9 Å². The van der Waals surface area contributed by atoms with Crippen molar-refractivity contribution in [1.29, 1.82) is 0 Å². The maximum Gasteiger partial charge on any atom is 0.261 e. The molecule has 1 fully saturated rings. The van der Waals surface area contributed by atoms with Crippen LogP contribution >= 0.6 is 35.3 Å². The van der Waals surface area contributed by atoms with Gasteiger partial charge in [0.2, 0.25) is 0 Å². The van der Waals surface area contributed by atoms with Crippen LogP contribution in [0.25, 0.3) is 0 Å². The van der Waals surface area contributed by atoms with E-state index in [0.717, 1.165) is 49.4 Å². The fourth-order valence-electron chi connectivity index (χ4n) is 3.19. The number of amides is 1. The molecule has 1 aliphatic heterocycles. The van der Waals surface area contributed by atoms with E-state index in [2.05, 4.69) is 32.8 Å². The van der Waals surface area contributed by atoms with E-state index in [0.29, 0.717) is 6.54 Å². The van der Waals surface area contributed by atoms with Gasteiger partial charge >= 0.3 is 0 Å². The summed E-state index contributed by atoms with van der Waals surface area (Å²) in [5, 5.41) is 11.5. The van der Waals surface area contributed by atoms with Gasteiger partial charge in [-0.25, -0.2) is 0 Å². The van der Waals surface area contributed by atoms with Crippen molar-refractivity contribution in [2.75, 3.05) is 39.8 Å². The van der Waals surface area contributed by atoms with Crippen LogP contribution in [0.2, 0.25) is 0 Å². The molecule has 1 saturated heterocycles. The molecule has 2 heterocycles. The van der Waals surface area contributed by atoms with Gasteiger partial charge in [-0.3, -0.25) is 9.79 Å². The third-order valence-electron chi connectivity index (χ3n) is 4.76. The van der Waals surface area contributed by atoms with Crippen molar-refractivity contribution in [2.45, 2.75) is 45.1 Å². The second-order valence-corrected chi connectivity index (χ2v) is 7.69. The average molecular weight is 507 g/mol. The van der Waals surface area contributed by atoms with Gasteiger partial charge in [-0.2, -0.15) is 0 Å². The molecule has 0 radical (unpaired) electrons. The predicted octanol–water partition coefficient (Wildman–Crippen LogP) is 2.92. The van der Waals surface area contributed by atoms with Crippen LogP contribution in [0.15, 0.2) is 22.5 Å². The minimum Gasteiger partial charge on any atom is -0.356 e. The summed E-state index contributed by atoms with van der Waals surface area (Å²) in [6.07, 6.45) is 6.04. The van der Waals surface area contributed by atoms with Crippen LogP contribution in [0.5, 0.6) is 0 Å². The van der Waals surface area contributed by atoms with E-state index < -0.39 is 0 Å². The zero-order valence-electron chi connectivity index (χ0n) is 16.5. The molecule has 8 heteroatoms. The molecule has 3 N–H and O–H groups in total. The largest absolute Gasteiger partial charge is 0.356 e. The lowest BCUT2D eigenvalue weighted by molar-refractivity contribution is 0.0957. The summed E-state index contributed by atoms with van der Waals surface area (Å²) >= 11 is 1.46. The molecule has 1 unspecified atom stereocenters. The van der Waals surface area contributed by atoms with Gasteiger partial charge < -0.3 is 20.9 Å². The average Bonchev–Trinajstić information content (AvgIpc) is 3.19. The lowest BCUT2D eigenvalue weighted by Gasteiger charge is -2.33. The minimum absolute atomic E-state index is 0. The number of carbonyl (C=O) groups excluding carboxylic acids is 1. The Morgan fingerprint density at radius 3 is 2.63 bits per heavy atom. The first-order valence-electron chi connectivity index (χ1n) is 9.71. The molecule has 1 amide bonds. The zero-order chi connectivity index (χ0) is 18.6. The number of carbonyl (C=O) groups is 1. The van der Waals surface area contributed by atoms with Crippen molar-refractivity contribution in [2.24, 2.45) is 4.99 Å². The Labute approximate surface area is 184 Å². The molecule has 1 aromatic rings. The molecular weight excluding hydrogens is 473 g/mol. The summed E-state index contributed by atoms with van der Waals surface area (Å²) in [4.78, 5) is 19.4. The number of piperidine rings is 1. The maximum absolute atomic E-state index is 11.8. The van der Waals surface area contributed by atoms with Crippen LogP contribution in [0.4, 0.5) is 0 Å². The van der Waals surface area contributed by atoms with E-state index in [9.17, 15) is 4.79 Å². The highest BCUT2D eigenvalue weighted by molar-refractivity contribution is 14.0. The first-order chi connectivity index (χ1) is 12.7. The Balaban J connectivity index is 0.00000364. The molecule has 0 aromatic carbocycles. The topological polar surface area (TPSA) is 68.8 Å². The molecule has 154 valence electrons. The number of likely N-dealkylation sites (tertiary alicyclic amines) is 1. The second kappa shape index (κ2) is 14.2. The van der Waals surface area contributed by atoms with Gasteiger partial charge in [0.05, 0.1) is 4.88 Å². The van der Waals surface area contributed by atoms with Crippen molar-refractivity contribution >= 4 is 47.2 Å². The quantitative estimate of drug-likeness (QED) is 0.208. The van der Waals surface area contributed by atoms with Crippen molar-refractivity contribution in [3.8, 4) is 0 Å². The van der Waals surface area contributed by atoms with Gasteiger partial charge in [-0.05, 0) is 50.6 Å². The van der Waals surface area contributed by atoms with Crippen LogP contribution < -0.4 is 16.0 Å². The van der Waals surface area contributed by atoms with Gasteiger partial charge in [0, 0.05) is 39.3 Å². The summed E-state index contributed by atoms with van der Waals surface area (Å²) < 4.78 is 0. The molecule has 0 bridgehead atoms. The third kappa shape index (κ3) is 9.25. The van der Waals surface area contributed by atoms with Gasteiger partial charge in [-0.15, -0.1) is 35.3 Å². The highest BCUT2D eigenvalue weighted by atomic mass is 127. The minimum atomic E-state index is 0. The maximum atomic E-state index is 11.8. The lowest BCUT2D eigenvalue weighted by Crippen LogP contribution is -2.41. The van der Waals surface area contributed by atoms with Crippen molar-refractivity contribution in [3.05, 3.63) is 22.4 Å². The number of hydrogen-bond donors (Lipinski definition) is 3. The Kier molecular flexibility index (Phi) is 12.7. The monoisotopic (exact) mass is 507 g/mol. The summed E-state index contributed by atoms with van der Waals surface area (Å²) in [7, 11) is 1.79. The fraction of sp³-hybridized carbons (Fsp3) is 0.684. The molecule has 6 nitrogen and oxygen atoms in total. The number of halogens is 1. The van der Waals surface area contributed by atoms with Gasteiger partial charge in [0.25, 0.3) is 5.91 Å². The van der Waals surface area contributed by atoms with Gasteiger partial charge in [0.15, 0.2) is 5.96 Å². The van der Waals surface area contributed by atoms with E-state index >= 15 is 0 Å². The lowest BCUT2D eigenvalue weighted by atomic mass is 10.0. The standard InChI is InChI=1S/C19H33N5OS.HI/c1-16-8-3-4-13-24(16)14-7-12-23-19(20-2)22-11-6-10-21-18(25)17-9-5-15-26-17;/h5,9,15-16H,3-4,6-8,10-14H2,1-2H3,(H,21,25)(H2,20,22,23);1H. The molecule has 1 atom stereocenters. The number of nitrogens with one attached hydrogen (secondary N) is 3. The number of aliphatic imine (C=N–C) groups is 1. The van der Waals surface area contributed by atoms with E-state index in [4.69, 9.17) is 0 Å². The summed E-state index contributed by atoms with van der Waals surface area (Å²) in [6, 6.07) is 4.46. The number of rotatable bonds is 9. The van der Waals surface area contributed by atoms with Crippen LogP contribution in [0.3, 0.4) is 0 Å². The Morgan fingerprint density at radius 2 is 1.96 bits per heavy atom. The van der Waals surface area contributed by atoms with Crippen molar-refractivity contribution in [3.63, 3.8) is 0 Å². The van der Waals surface area contributed by atoms with Crippen molar-refractivity contribution in [1.82, 2.24) is 20.9 Å². The Bertz CT molecular complexity index is 552. The highest BCUT2D eigenvalue weighted by Crippen LogP contribution is 2.16. The van der Waals surface area contributed by atoms with Crippen LogP contribution in [0, 0.1) is 0 Å². The van der Waals surface area contributed by atoms with Gasteiger partial charge in [-0.1, -0.05) is 12.5 Å². The first kappa shape index (κ1) is 24.2. The van der Waals surface area contributed by atoms with Crippen LogP contribution in [-0.4, -0.2) is 62.6 Å². The summed E-state index contributed by atoms with van der Waals surface area (Å²) in [5.74, 6) is 0.843. The number of guanidine groups is 1. The zero-order valence-corrected chi connectivity index (χ0v) is 19.6. The SMILES string of the molecule is CN=C(NCCCNC(=O)c1cccs1)NCCCN1CCCCC1C.I. The normalized spacial score (nSPS) is 17.9. The number of nitrogens with zero attached hydrogens (tertiary/aromatic N) is 2. The summed E-state index contributed by atoms with van der Waals surface area (Å²) in [5.41, 5.74) is 0. The summed E-state index contributed by atoms with van der Waals surface area (Å²) in [6.45, 7) is 7.11. The van der Waals surface area contributed by atoms with Crippen molar-refractivity contribution < 1.29 is 4.79 Å². The Morgan fingerprint density at radius 1 is 1.22 bits per heavy atom. The highest BCUT2D eigenvalue weighted by Gasteiger charge is 2.17. The molecule has 2 rings (SSSR count). The molecular formula is C19H34IN5OS. The first-order valence-corrected chi connectivity index (χ1v) is 10.6. The molecule has 1 aromatic heterocycles. The smallest absolute Gasteiger partial charge is 0.261 e. The van der Waals surface area contributed by atoms with Crippen LogP contribution in [0.1, 0.15) is 48.7 Å². The third-order valence-corrected chi connectivity index (χ3v) is 5.62. The number of thiophene rings is 1. The molecule has 0 aliphatic carbocycles. The molecule has 0 saturated carbocycles. The molecule has 27 heavy (non-hydrogen) atoms. The predicted molar refractivity (Wildman–Crippen MR) is 126 cm³/mol. The van der Waals surface area contributed by atoms with Crippen LogP contribution in [-0.2, 0) is 0 Å². The Hall–Kier alpha value is -0.870. The van der Waals surface area contributed by atoms with E-state index in [1.807, 2.05) is 17.5 Å². The van der Waals surface area contributed by atoms with Gasteiger partial charge in [0.1, 0.15) is 0 Å². The van der Waals surface area contributed by atoms with E-state index in [1.165, 1.54) is 37.1 Å². The fourth-order valence-corrected chi connectivity index (χ4v) is 3.83. The number of hydrogen-bond acceptors (Lipinski definition) is 4. The molecule has 0 spiro atoms. The second-order valence-electron chi connectivity index (χ2n) is 6.75. The molecule has 1 aliphatic rings.